The molecule has 0 bridgehead atoms. The van der Waals surface area contributed by atoms with Gasteiger partial charge in [0.2, 0.25) is 0 Å². The van der Waals surface area contributed by atoms with Crippen LogP contribution in [0.25, 0.3) is 21.5 Å². The first-order valence-electron chi connectivity index (χ1n) is 15.3. The van der Waals surface area contributed by atoms with Crippen LogP contribution in [0, 0.1) is 0 Å². The van der Waals surface area contributed by atoms with E-state index >= 15 is 0 Å². The van der Waals surface area contributed by atoms with Crippen molar-refractivity contribution < 1.29 is 0 Å². The largest absolute Gasteiger partial charge is 0.0654 e. The Bertz CT molecular complexity index is 1130. The van der Waals surface area contributed by atoms with Gasteiger partial charge in [-0.25, -0.2) is 0 Å². The molecule has 0 nitrogen and oxygen atoms in total. The van der Waals surface area contributed by atoms with Gasteiger partial charge < -0.3 is 0 Å². The van der Waals surface area contributed by atoms with Gasteiger partial charge in [-0.05, 0) is 88.7 Å². The zero-order valence-electron chi connectivity index (χ0n) is 23.5. The first-order chi connectivity index (χ1) is 18.3. The molecular weight excluding hydrogens is 444 g/mol. The van der Waals surface area contributed by atoms with E-state index in [-0.39, 0.29) is 0 Å². The molecule has 0 heteroatoms. The van der Waals surface area contributed by atoms with Crippen molar-refractivity contribution >= 4 is 21.5 Å². The third-order valence-corrected chi connectivity index (χ3v) is 8.20. The summed E-state index contributed by atoms with van der Waals surface area (Å²) < 4.78 is 0. The van der Waals surface area contributed by atoms with Crippen LogP contribution in [0.4, 0.5) is 0 Å². The second kappa shape index (κ2) is 15.0. The van der Waals surface area contributed by atoms with E-state index in [9.17, 15) is 0 Å². The predicted molar refractivity (Wildman–Crippen MR) is 165 cm³/mol. The Morgan fingerprint density at radius 2 is 0.622 bits per heavy atom. The number of hydrogen-bond acceptors (Lipinski definition) is 0. The number of rotatable bonds is 16. The molecule has 0 heterocycles. The Labute approximate surface area is 226 Å². The molecule has 0 saturated heterocycles. The molecule has 0 N–H and O–H groups in total. The van der Waals surface area contributed by atoms with E-state index in [1.807, 2.05) is 0 Å². The minimum Gasteiger partial charge on any atom is -0.0654 e. The van der Waals surface area contributed by atoms with Crippen LogP contribution in [0.2, 0.25) is 0 Å². The molecule has 196 valence electrons. The Kier molecular flexibility index (Phi) is 11.1. The molecule has 0 aliphatic heterocycles. The maximum atomic E-state index is 2.42. The maximum Gasteiger partial charge on any atom is -0.0149 e. The molecular formula is C37H48. The van der Waals surface area contributed by atoms with Crippen molar-refractivity contribution in [1.82, 2.24) is 0 Å². The van der Waals surface area contributed by atoms with Crippen molar-refractivity contribution in [2.24, 2.45) is 0 Å². The second-order valence-corrected chi connectivity index (χ2v) is 11.0. The van der Waals surface area contributed by atoms with Gasteiger partial charge in [-0.15, -0.1) is 0 Å². The van der Waals surface area contributed by atoms with Gasteiger partial charge >= 0.3 is 0 Å². The van der Waals surface area contributed by atoms with Crippen molar-refractivity contribution in [1.29, 1.82) is 0 Å². The molecule has 0 atom stereocenters. The number of benzene rings is 4. The average molecular weight is 493 g/mol. The van der Waals surface area contributed by atoms with Gasteiger partial charge in [0.1, 0.15) is 0 Å². The molecule has 0 aliphatic rings. The van der Waals surface area contributed by atoms with Crippen LogP contribution < -0.4 is 0 Å². The predicted octanol–water partition coefficient (Wildman–Crippen LogP) is 11.2. The lowest BCUT2D eigenvalue weighted by atomic mass is 9.91. The maximum absolute atomic E-state index is 2.42. The Hall–Kier alpha value is -2.60. The summed E-state index contributed by atoms with van der Waals surface area (Å²) in [7, 11) is 0. The lowest BCUT2D eigenvalue weighted by Gasteiger charge is -2.13. The van der Waals surface area contributed by atoms with Gasteiger partial charge in [0.25, 0.3) is 0 Å². The van der Waals surface area contributed by atoms with Crippen LogP contribution in [0.1, 0.15) is 107 Å². The minimum atomic E-state index is 1.14. The highest BCUT2D eigenvalue weighted by molar-refractivity contribution is 5.89. The first kappa shape index (κ1) is 27.4. The number of aryl methyl sites for hydroxylation is 4. The third kappa shape index (κ3) is 7.70. The molecule has 4 aromatic carbocycles. The van der Waals surface area contributed by atoms with Crippen molar-refractivity contribution in [2.45, 2.75) is 110 Å². The van der Waals surface area contributed by atoms with Crippen LogP contribution in [-0.4, -0.2) is 0 Å². The molecule has 4 rings (SSSR count). The van der Waals surface area contributed by atoms with Crippen molar-refractivity contribution in [2.75, 3.05) is 0 Å². The van der Waals surface area contributed by atoms with Crippen LogP contribution >= 0.6 is 0 Å². The number of fused-ring (bicyclic) bond motifs is 2. The Balaban J connectivity index is 1.40. The molecule has 0 saturated carbocycles. The van der Waals surface area contributed by atoms with Crippen molar-refractivity contribution in [3.05, 3.63) is 95.1 Å². The molecule has 0 fully saturated rings. The van der Waals surface area contributed by atoms with Crippen LogP contribution in [0.3, 0.4) is 0 Å². The molecule has 0 aliphatic carbocycles. The van der Waals surface area contributed by atoms with E-state index in [0.29, 0.717) is 0 Å². The molecule has 0 radical (unpaired) electrons. The Morgan fingerprint density at radius 1 is 0.324 bits per heavy atom. The number of hydrogen-bond donors (Lipinski definition) is 0. The fourth-order valence-corrected chi connectivity index (χ4v) is 6.03. The lowest BCUT2D eigenvalue weighted by Crippen LogP contribution is -1.97. The van der Waals surface area contributed by atoms with Crippen LogP contribution in [-0.2, 0) is 25.7 Å². The van der Waals surface area contributed by atoms with E-state index in [0.717, 1.165) is 12.8 Å². The summed E-state index contributed by atoms with van der Waals surface area (Å²) in [6.45, 7) is 4.58. The normalized spacial score (nSPS) is 11.5. The lowest BCUT2D eigenvalue weighted by molar-refractivity contribution is 0.633. The summed E-state index contributed by atoms with van der Waals surface area (Å²) in [5.41, 5.74) is 6.09. The summed E-state index contributed by atoms with van der Waals surface area (Å²) in [6, 6.07) is 27.9. The number of unbranched alkanes of at least 4 members (excludes halogenated alkanes) is 8. The fraction of sp³-hybridized carbons (Fsp3) is 0.459. The highest BCUT2D eigenvalue weighted by Crippen LogP contribution is 2.28. The zero-order valence-corrected chi connectivity index (χ0v) is 23.5. The van der Waals surface area contributed by atoms with Crippen LogP contribution in [0.15, 0.2) is 72.8 Å². The fourth-order valence-electron chi connectivity index (χ4n) is 6.03. The summed E-state index contributed by atoms with van der Waals surface area (Å²) in [6.07, 6.45) is 19.4. The summed E-state index contributed by atoms with van der Waals surface area (Å²) in [5, 5.41) is 5.89. The van der Waals surface area contributed by atoms with Crippen molar-refractivity contribution in [3.8, 4) is 0 Å². The monoisotopic (exact) mass is 492 g/mol. The summed E-state index contributed by atoms with van der Waals surface area (Å²) in [4.78, 5) is 0. The highest BCUT2D eigenvalue weighted by Gasteiger charge is 2.09. The molecule has 0 spiro atoms. The molecule has 4 aromatic rings. The van der Waals surface area contributed by atoms with E-state index in [2.05, 4.69) is 86.6 Å². The summed E-state index contributed by atoms with van der Waals surface area (Å²) >= 11 is 0. The first-order valence-corrected chi connectivity index (χ1v) is 15.3. The highest BCUT2D eigenvalue weighted by atomic mass is 14.1. The zero-order chi connectivity index (χ0) is 25.7. The topological polar surface area (TPSA) is 0 Å². The van der Waals surface area contributed by atoms with E-state index < -0.39 is 0 Å². The quantitative estimate of drug-likeness (QED) is 0.136. The van der Waals surface area contributed by atoms with Gasteiger partial charge in [-0.3, -0.25) is 0 Å². The van der Waals surface area contributed by atoms with Crippen molar-refractivity contribution in [3.63, 3.8) is 0 Å². The third-order valence-electron chi connectivity index (χ3n) is 8.20. The van der Waals surface area contributed by atoms with Gasteiger partial charge in [0, 0.05) is 0 Å². The SMILES string of the molecule is CCCCCCCc1ccc(CCCc2ccc(CCCCCCC)c3ccccc23)c2ccccc12. The molecule has 0 amide bonds. The van der Waals surface area contributed by atoms with Gasteiger partial charge in [-0.1, -0.05) is 138 Å². The standard InChI is InChI=1S/C37H48/c1-3-5-7-9-11-18-30-26-28-32(36-24-15-13-22-34(30)36)20-17-21-33-29-27-31(19-12-10-8-6-4-2)35-23-14-16-25-37(33)35/h13-16,22-29H,3-12,17-21H2,1-2H3. The summed E-state index contributed by atoms with van der Waals surface area (Å²) in [5.74, 6) is 0. The van der Waals surface area contributed by atoms with E-state index in [1.54, 1.807) is 0 Å². The smallest absolute Gasteiger partial charge is 0.0149 e. The van der Waals surface area contributed by atoms with Gasteiger partial charge in [-0.2, -0.15) is 0 Å². The molecule has 37 heavy (non-hydrogen) atoms. The van der Waals surface area contributed by atoms with E-state index in [4.69, 9.17) is 0 Å². The second-order valence-electron chi connectivity index (χ2n) is 11.0. The molecule has 0 aromatic heterocycles. The molecule has 0 unspecified atom stereocenters. The minimum absolute atomic E-state index is 1.14. The van der Waals surface area contributed by atoms with Crippen LogP contribution in [0.5, 0.6) is 0 Å². The van der Waals surface area contributed by atoms with Gasteiger partial charge in [0.05, 0.1) is 0 Å². The Morgan fingerprint density at radius 3 is 0.946 bits per heavy atom. The average Bonchev–Trinajstić information content (AvgIpc) is 2.94. The van der Waals surface area contributed by atoms with Gasteiger partial charge in [0.15, 0.2) is 0 Å². The van der Waals surface area contributed by atoms with E-state index in [1.165, 1.54) is 127 Å².